The Hall–Kier alpha value is -2.75. The predicted molar refractivity (Wildman–Crippen MR) is 97.6 cm³/mol. The lowest BCUT2D eigenvalue weighted by molar-refractivity contribution is 0.104. The zero-order chi connectivity index (χ0) is 17.6. The topological polar surface area (TPSA) is 44.8 Å². The lowest BCUT2D eigenvalue weighted by Gasteiger charge is -2.18. The molecule has 0 saturated heterocycles. The van der Waals surface area contributed by atoms with E-state index in [-0.39, 0.29) is 5.78 Å². The van der Waals surface area contributed by atoms with Gasteiger partial charge in [0, 0.05) is 5.56 Å². The number of hydrogen-bond donors (Lipinski definition) is 0. The molecule has 2 aromatic carbocycles. The van der Waals surface area contributed by atoms with Gasteiger partial charge in [-0.05, 0) is 47.9 Å². The molecule has 0 fully saturated rings. The van der Waals surface area contributed by atoms with Crippen LogP contribution in [-0.4, -0.2) is 25.6 Å². The number of rotatable bonds is 6. The molecule has 4 nitrogen and oxygen atoms in total. The molecular formula is C21H22O4. The molecule has 0 amide bonds. The van der Waals surface area contributed by atoms with Crippen molar-refractivity contribution < 1.29 is 19.0 Å². The summed E-state index contributed by atoms with van der Waals surface area (Å²) in [6, 6.07) is 13.0. The Morgan fingerprint density at radius 2 is 1.92 bits per heavy atom. The minimum absolute atomic E-state index is 0.0783. The van der Waals surface area contributed by atoms with Crippen LogP contribution >= 0.6 is 0 Å². The maximum atomic E-state index is 12.4. The summed E-state index contributed by atoms with van der Waals surface area (Å²) in [5, 5.41) is 0. The molecule has 1 aliphatic rings. The lowest BCUT2D eigenvalue weighted by atomic mass is 10.1. The van der Waals surface area contributed by atoms with E-state index in [1.54, 1.807) is 30.4 Å². The Balaban J connectivity index is 1.69. The summed E-state index contributed by atoms with van der Waals surface area (Å²) in [5.41, 5.74) is 1.50. The molecule has 0 saturated carbocycles. The smallest absolute Gasteiger partial charge is 0.185 e. The highest BCUT2D eigenvalue weighted by molar-refractivity contribution is 6.07. The lowest BCUT2D eigenvalue weighted by Crippen LogP contribution is -2.15. The Labute approximate surface area is 148 Å². The second kappa shape index (κ2) is 7.88. The van der Waals surface area contributed by atoms with Gasteiger partial charge in [0.05, 0.1) is 6.61 Å². The minimum atomic E-state index is -0.0783. The van der Waals surface area contributed by atoms with Gasteiger partial charge in [0.2, 0.25) is 0 Å². The molecule has 0 spiro atoms. The third kappa shape index (κ3) is 4.63. The van der Waals surface area contributed by atoms with Gasteiger partial charge in [-0.2, -0.15) is 0 Å². The molecule has 1 aliphatic heterocycles. The van der Waals surface area contributed by atoms with Crippen LogP contribution in [0.4, 0.5) is 0 Å². The summed E-state index contributed by atoms with van der Waals surface area (Å²) >= 11 is 0. The fourth-order valence-corrected chi connectivity index (χ4v) is 2.44. The standard InChI is InChI=1S/C21H22O4/c1-15(2)14-25-18-5-3-4-16(12-18)6-8-19(22)17-7-9-20-21(13-17)24-11-10-23-20/h3-9,12-13,15H,10-11,14H2,1-2H3/b8-6+. The van der Waals surface area contributed by atoms with Gasteiger partial charge in [-0.1, -0.05) is 32.1 Å². The molecular weight excluding hydrogens is 316 g/mol. The Bertz CT molecular complexity index is 777. The van der Waals surface area contributed by atoms with E-state index in [0.29, 0.717) is 42.8 Å². The summed E-state index contributed by atoms with van der Waals surface area (Å²) < 4.78 is 16.7. The van der Waals surface area contributed by atoms with Crippen molar-refractivity contribution in [3.63, 3.8) is 0 Å². The van der Waals surface area contributed by atoms with E-state index in [4.69, 9.17) is 14.2 Å². The first kappa shape index (κ1) is 17.1. The molecule has 25 heavy (non-hydrogen) atoms. The maximum Gasteiger partial charge on any atom is 0.185 e. The van der Waals surface area contributed by atoms with Crippen molar-refractivity contribution in [2.24, 2.45) is 5.92 Å². The SMILES string of the molecule is CC(C)COc1cccc(/C=C/C(=O)c2ccc3c(c2)OCCO3)c1. The predicted octanol–water partition coefficient (Wildman–Crippen LogP) is 4.39. The Kier molecular flexibility index (Phi) is 5.39. The zero-order valence-electron chi connectivity index (χ0n) is 14.5. The summed E-state index contributed by atoms with van der Waals surface area (Å²) in [4.78, 5) is 12.4. The van der Waals surface area contributed by atoms with Crippen LogP contribution in [0.25, 0.3) is 6.08 Å². The summed E-state index contributed by atoms with van der Waals surface area (Å²) in [6.07, 6.45) is 3.36. The van der Waals surface area contributed by atoms with E-state index in [1.807, 2.05) is 24.3 Å². The number of carbonyl (C=O) groups excluding carboxylic acids is 1. The number of benzene rings is 2. The minimum Gasteiger partial charge on any atom is -0.493 e. The van der Waals surface area contributed by atoms with E-state index < -0.39 is 0 Å². The second-order valence-electron chi connectivity index (χ2n) is 6.33. The largest absolute Gasteiger partial charge is 0.493 e. The van der Waals surface area contributed by atoms with E-state index in [0.717, 1.165) is 11.3 Å². The van der Waals surface area contributed by atoms with Gasteiger partial charge < -0.3 is 14.2 Å². The maximum absolute atomic E-state index is 12.4. The monoisotopic (exact) mass is 338 g/mol. The van der Waals surface area contributed by atoms with Gasteiger partial charge in [0.1, 0.15) is 19.0 Å². The normalized spacial score (nSPS) is 13.2. The van der Waals surface area contributed by atoms with Gasteiger partial charge in [-0.3, -0.25) is 4.79 Å². The second-order valence-corrected chi connectivity index (χ2v) is 6.33. The number of ether oxygens (including phenoxy) is 3. The number of fused-ring (bicyclic) bond motifs is 1. The van der Waals surface area contributed by atoms with Gasteiger partial charge >= 0.3 is 0 Å². The van der Waals surface area contributed by atoms with Gasteiger partial charge in [-0.25, -0.2) is 0 Å². The van der Waals surface area contributed by atoms with E-state index in [2.05, 4.69) is 13.8 Å². The van der Waals surface area contributed by atoms with Crippen LogP contribution in [0.5, 0.6) is 17.2 Å². The summed E-state index contributed by atoms with van der Waals surface area (Å²) in [6.45, 7) is 5.92. The van der Waals surface area contributed by atoms with Crippen LogP contribution in [0.3, 0.4) is 0 Å². The molecule has 1 heterocycles. The van der Waals surface area contributed by atoms with E-state index >= 15 is 0 Å². The molecule has 4 heteroatoms. The highest BCUT2D eigenvalue weighted by atomic mass is 16.6. The molecule has 2 aromatic rings. The molecule has 0 aliphatic carbocycles. The van der Waals surface area contributed by atoms with Crippen LogP contribution < -0.4 is 14.2 Å². The first-order chi connectivity index (χ1) is 12.1. The third-order valence-corrected chi connectivity index (χ3v) is 3.70. The Morgan fingerprint density at radius 1 is 1.12 bits per heavy atom. The molecule has 0 unspecified atom stereocenters. The fourth-order valence-electron chi connectivity index (χ4n) is 2.44. The average Bonchev–Trinajstić information content (AvgIpc) is 2.64. The fraction of sp³-hybridized carbons (Fsp3) is 0.286. The van der Waals surface area contributed by atoms with Crippen molar-refractivity contribution in [3.8, 4) is 17.2 Å². The summed E-state index contributed by atoms with van der Waals surface area (Å²) in [7, 11) is 0. The molecule has 3 rings (SSSR count). The van der Waals surface area contributed by atoms with E-state index in [1.165, 1.54) is 0 Å². The van der Waals surface area contributed by atoms with Crippen LogP contribution in [0, 0.1) is 5.92 Å². The highest BCUT2D eigenvalue weighted by Crippen LogP contribution is 2.31. The molecule has 0 bridgehead atoms. The zero-order valence-corrected chi connectivity index (χ0v) is 14.5. The number of allylic oxidation sites excluding steroid dienone is 1. The summed E-state index contributed by atoms with van der Waals surface area (Å²) in [5.74, 6) is 2.50. The number of carbonyl (C=O) groups is 1. The molecule has 0 N–H and O–H groups in total. The van der Waals surface area contributed by atoms with Crippen molar-refractivity contribution >= 4 is 11.9 Å². The quantitative estimate of drug-likeness (QED) is 0.579. The van der Waals surface area contributed by atoms with Crippen LogP contribution in [0.1, 0.15) is 29.8 Å². The van der Waals surface area contributed by atoms with Gasteiger partial charge in [0.15, 0.2) is 17.3 Å². The first-order valence-electron chi connectivity index (χ1n) is 8.47. The first-order valence-corrected chi connectivity index (χ1v) is 8.47. The third-order valence-electron chi connectivity index (χ3n) is 3.70. The van der Waals surface area contributed by atoms with Crippen LogP contribution in [-0.2, 0) is 0 Å². The van der Waals surface area contributed by atoms with Crippen molar-refractivity contribution in [3.05, 3.63) is 59.7 Å². The van der Waals surface area contributed by atoms with Crippen molar-refractivity contribution in [1.82, 2.24) is 0 Å². The Morgan fingerprint density at radius 3 is 2.72 bits per heavy atom. The van der Waals surface area contributed by atoms with Crippen molar-refractivity contribution in [2.45, 2.75) is 13.8 Å². The van der Waals surface area contributed by atoms with Crippen molar-refractivity contribution in [1.29, 1.82) is 0 Å². The molecule has 0 atom stereocenters. The molecule has 0 radical (unpaired) electrons. The number of ketones is 1. The van der Waals surface area contributed by atoms with Crippen molar-refractivity contribution in [2.75, 3.05) is 19.8 Å². The molecule has 130 valence electrons. The van der Waals surface area contributed by atoms with Gasteiger partial charge in [-0.15, -0.1) is 0 Å². The van der Waals surface area contributed by atoms with Crippen LogP contribution in [0.2, 0.25) is 0 Å². The van der Waals surface area contributed by atoms with E-state index in [9.17, 15) is 4.79 Å². The average molecular weight is 338 g/mol. The molecule has 0 aromatic heterocycles. The number of hydrogen-bond acceptors (Lipinski definition) is 4. The van der Waals surface area contributed by atoms with Gasteiger partial charge in [0.25, 0.3) is 0 Å². The van der Waals surface area contributed by atoms with Crippen LogP contribution in [0.15, 0.2) is 48.5 Å². The highest BCUT2D eigenvalue weighted by Gasteiger charge is 2.13.